The van der Waals surface area contributed by atoms with Crippen molar-refractivity contribution in [2.24, 2.45) is 0 Å². The monoisotopic (exact) mass is 590 g/mol. The van der Waals surface area contributed by atoms with Crippen molar-refractivity contribution in [2.75, 3.05) is 40.0 Å². The number of hydrogen-bond acceptors (Lipinski definition) is 7. The molecule has 0 aromatic heterocycles. The molecule has 9 nitrogen and oxygen atoms in total. The predicted octanol–water partition coefficient (Wildman–Crippen LogP) is 6.37. The molecule has 9 heteroatoms. The van der Waals surface area contributed by atoms with Crippen molar-refractivity contribution in [3.63, 3.8) is 0 Å². The van der Waals surface area contributed by atoms with Crippen LogP contribution in [0.25, 0.3) is 16.8 Å². The van der Waals surface area contributed by atoms with Crippen molar-refractivity contribution in [3.05, 3.63) is 83.4 Å². The summed E-state index contributed by atoms with van der Waals surface area (Å²) in [7, 11) is 1.60. The Morgan fingerprint density at radius 3 is 2.51 bits per heavy atom. The van der Waals surface area contributed by atoms with Gasteiger partial charge in [-0.3, -0.25) is 4.79 Å². The summed E-state index contributed by atoms with van der Waals surface area (Å²) in [5, 5.41) is 2.08. The molecule has 0 aliphatic carbocycles. The molecule has 1 aliphatic rings. The first kappa shape index (κ1) is 32.0. The summed E-state index contributed by atoms with van der Waals surface area (Å²) in [5.74, 6) is 0.401. The van der Waals surface area contributed by atoms with Crippen LogP contribution in [0.15, 0.2) is 72.3 Å². The van der Waals surface area contributed by atoms with E-state index in [9.17, 15) is 9.59 Å². The van der Waals surface area contributed by atoms with E-state index < -0.39 is 18.0 Å². The summed E-state index contributed by atoms with van der Waals surface area (Å²) >= 11 is 0. The molecule has 1 N–H and O–H groups in total. The smallest absolute Gasteiger partial charge is 0.410 e. The molecular weight excluding hydrogens is 548 g/mol. The molecule has 1 unspecified atom stereocenters. The lowest BCUT2D eigenvalue weighted by Crippen LogP contribution is -2.40. The van der Waals surface area contributed by atoms with Crippen molar-refractivity contribution in [3.8, 4) is 5.75 Å². The molecule has 3 aromatic carbocycles. The van der Waals surface area contributed by atoms with Crippen LogP contribution in [0.3, 0.4) is 0 Å². The van der Waals surface area contributed by atoms with Crippen LogP contribution in [0, 0.1) is 0 Å². The molecule has 1 atom stereocenters. The van der Waals surface area contributed by atoms with Gasteiger partial charge in [-0.25, -0.2) is 15.1 Å². The van der Waals surface area contributed by atoms with E-state index in [0.29, 0.717) is 25.3 Å². The number of ether oxygens (including phenoxy) is 4. The molecule has 0 spiro atoms. The number of hydrogen-bond donors (Lipinski definition) is 1. The summed E-state index contributed by atoms with van der Waals surface area (Å²) < 4.78 is 22.8. The van der Waals surface area contributed by atoms with Crippen LogP contribution in [0.5, 0.6) is 5.75 Å². The van der Waals surface area contributed by atoms with Gasteiger partial charge in [-0.1, -0.05) is 54.6 Å². The number of fused-ring (bicyclic) bond motifs is 1. The number of amides is 2. The Balaban J connectivity index is 1.53. The number of rotatable bonds is 12. The minimum absolute atomic E-state index is 0.234. The minimum atomic E-state index is -0.644. The molecule has 1 saturated heterocycles. The quantitative estimate of drug-likeness (QED) is 0.245. The number of nitrogens with zero attached hydrogens (tertiary/aromatic N) is 1. The highest BCUT2D eigenvalue weighted by molar-refractivity contribution is 5.93. The number of hydroxylamine groups is 1. The van der Waals surface area contributed by atoms with E-state index in [1.54, 1.807) is 24.1 Å². The van der Waals surface area contributed by atoms with Gasteiger partial charge in [0.05, 0.1) is 6.61 Å². The van der Waals surface area contributed by atoms with Crippen LogP contribution in [0.2, 0.25) is 0 Å². The van der Waals surface area contributed by atoms with Gasteiger partial charge in [0, 0.05) is 44.2 Å². The van der Waals surface area contributed by atoms with Gasteiger partial charge >= 0.3 is 6.09 Å². The van der Waals surface area contributed by atoms with Crippen LogP contribution >= 0.6 is 0 Å². The Hall–Kier alpha value is -3.92. The number of nitrogens with one attached hydrogen (secondary N) is 1. The predicted molar refractivity (Wildman–Crippen MR) is 166 cm³/mol. The number of carbonyl (C=O) groups excluding carboxylic acids is 2. The van der Waals surface area contributed by atoms with E-state index in [1.165, 1.54) is 0 Å². The SMILES string of the molecule is COCCN(C/C(=C/c1ccc(C(=O)NOC2CCCCO2)cc1)COc1cccc2ccccc12)C(=O)OC(C)(C)C. The molecular formula is C34H42N2O7. The number of benzene rings is 3. The second kappa shape index (κ2) is 15.5. The Bertz CT molecular complexity index is 1370. The summed E-state index contributed by atoms with van der Waals surface area (Å²) in [6, 6.07) is 21.1. The Morgan fingerprint density at radius 1 is 1.02 bits per heavy atom. The van der Waals surface area contributed by atoms with Gasteiger partial charge in [0.1, 0.15) is 18.0 Å². The van der Waals surface area contributed by atoms with Crippen LogP contribution in [0.1, 0.15) is 56.0 Å². The lowest BCUT2D eigenvalue weighted by Gasteiger charge is -2.28. The van der Waals surface area contributed by atoms with E-state index in [0.717, 1.165) is 46.9 Å². The van der Waals surface area contributed by atoms with Crippen molar-refractivity contribution >= 4 is 28.8 Å². The van der Waals surface area contributed by atoms with Crippen molar-refractivity contribution in [1.82, 2.24) is 10.4 Å². The van der Waals surface area contributed by atoms with Gasteiger partial charge in [0.15, 0.2) is 6.29 Å². The van der Waals surface area contributed by atoms with Gasteiger partial charge in [-0.15, -0.1) is 0 Å². The third-order valence-electron chi connectivity index (χ3n) is 6.74. The van der Waals surface area contributed by atoms with Crippen molar-refractivity contribution in [2.45, 2.75) is 51.9 Å². The largest absolute Gasteiger partial charge is 0.489 e. The first-order valence-corrected chi connectivity index (χ1v) is 14.7. The van der Waals surface area contributed by atoms with Crippen LogP contribution in [-0.2, 0) is 19.0 Å². The van der Waals surface area contributed by atoms with Gasteiger partial charge in [-0.05, 0) is 68.3 Å². The fraction of sp³-hybridized carbons (Fsp3) is 0.412. The number of carbonyl (C=O) groups is 2. The maximum Gasteiger partial charge on any atom is 0.410 e. The number of methoxy groups -OCH3 is 1. The first-order valence-electron chi connectivity index (χ1n) is 14.7. The average molecular weight is 591 g/mol. The van der Waals surface area contributed by atoms with Crippen LogP contribution in [-0.4, -0.2) is 68.8 Å². The molecule has 2 amide bonds. The van der Waals surface area contributed by atoms with Gasteiger partial charge in [0.25, 0.3) is 5.91 Å². The van der Waals surface area contributed by atoms with E-state index >= 15 is 0 Å². The maximum atomic E-state index is 13.1. The highest BCUT2D eigenvalue weighted by Crippen LogP contribution is 2.26. The van der Waals surface area contributed by atoms with Crippen molar-refractivity contribution in [1.29, 1.82) is 0 Å². The Morgan fingerprint density at radius 2 is 1.79 bits per heavy atom. The molecule has 0 saturated carbocycles. The van der Waals surface area contributed by atoms with E-state index in [1.807, 2.05) is 81.4 Å². The summed E-state index contributed by atoms with van der Waals surface area (Å²) in [6.07, 6.45) is 3.86. The van der Waals surface area contributed by atoms with Crippen LogP contribution < -0.4 is 10.2 Å². The van der Waals surface area contributed by atoms with Gasteiger partial charge < -0.3 is 23.8 Å². The van der Waals surface area contributed by atoms with E-state index in [4.69, 9.17) is 23.8 Å². The molecule has 1 aliphatic heterocycles. The summed E-state index contributed by atoms with van der Waals surface area (Å²) in [5.41, 5.74) is 3.99. The average Bonchev–Trinajstić information content (AvgIpc) is 3.00. The normalized spacial score (nSPS) is 15.6. The molecule has 0 bridgehead atoms. The second-order valence-electron chi connectivity index (χ2n) is 11.4. The fourth-order valence-electron chi connectivity index (χ4n) is 4.58. The zero-order valence-corrected chi connectivity index (χ0v) is 25.5. The molecule has 3 aromatic rings. The van der Waals surface area contributed by atoms with E-state index in [-0.39, 0.29) is 19.1 Å². The standard InChI is InChI=1S/C34H42N2O7/c1-34(2,3)42-33(38)36(19-21-39-4)23-26(24-41-30-13-9-11-27-10-5-6-12-29(27)30)22-25-15-17-28(18-16-25)32(37)35-43-31-14-7-8-20-40-31/h5-6,9-13,15-18,22,31H,7-8,14,19-21,23-24H2,1-4H3,(H,35,37)/b26-22-. The third kappa shape index (κ3) is 10.1. The minimum Gasteiger partial charge on any atom is -0.489 e. The Labute approximate surface area is 253 Å². The third-order valence-corrected chi connectivity index (χ3v) is 6.74. The lowest BCUT2D eigenvalue weighted by molar-refractivity contribution is -0.186. The summed E-state index contributed by atoms with van der Waals surface area (Å²) in [4.78, 5) is 32.8. The van der Waals surface area contributed by atoms with Crippen molar-refractivity contribution < 1.29 is 33.4 Å². The highest BCUT2D eigenvalue weighted by atomic mass is 16.8. The fourth-order valence-corrected chi connectivity index (χ4v) is 4.58. The molecule has 43 heavy (non-hydrogen) atoms. The topological polar surface area (TPSA) is 95.6 Å². The second-order valence-corrected chi connectivity index (χ2v) is 11.4. The molecule has 1 heterocycles. The van der Waals surface area contributed by atoms with E-state index in [2.05, 4.69) is 5.48 Å². The zero-order chi connectivity index (χ0) is 30.7. The first-order chi connectivity index (χ1) is 20.7. The zero-order valence-electron chi connectivity index (χ0n) is 25.5. The molecule has 0 radical (unpaired) electrons. The Kier molecular flexibility index (Phi) is 11.6. The summed E-state index contributed by atoms with van der Waals surface area (Å²) in [6.45, 7) is 7.35. The lowest BCUT2D eigenvalue weighted by atomic mass is 10.1. The van der Waals surface area contributed by atoms with Gasteiger partial charge in [0.2, 0.25) is 0 Å². The van der Waals surface area contributed by atoms with Crippen LogP contribution in [0.4, 0.5) is 4.79 Å². The maximum absolute atomic E-state index is 13.1. The molecule has 4 rings (SSSR count). The molecule has 230 valence electrons. The van der Waals surface area contributed by atoms with Gasteiger partial charge in [-0.2, -0.15) is 0 Å². The molecule has 1 fully saturated rings. The highest BCUT2D eigenvalue weighted by Gasteiger charge is 2.23.